The zero-order chi connectivity index (χ0) is 7.00. The molecule has 0 aromatic rings. The van der Waals surface area contributed by atoms with E-state index in [-0.39, 0.29) is 38.4 Å². The summed E-state index contributed by atoms with van der Waals surface area (Å²) < 4.78 is 0. The third-order valence-electron chi connectivity index (χ3n) is 1.66. The van der Waals surface area contributed by atoms with Crippen molar-refractivity contribution in [3.63, 3.8) is 0 Å². The van der Waals surface area contributed by atoms with Gasteiger partial charge in [-0.2, -0.15) is 0 Å². The van der Waals surface area contributed by atoms with Crippen molar-refractivity contribution in [3.05, 3.63) is 0 Å². The summed E-state index contributed by atoms with van der Waals surface area (Å²) in [6.07, 6.45) is 0. The zero-order valence-corrected chi connectivity index (χ0v) is 6.15. The van der Waals surface area contributed by atoms with E-state index >= 15 is 0 Å². The van der Waals surface area contributed by atoms with Crippen LogP contribution in [0.2, 0.25) is 0 Å². The molecule has 4 N–H and O–H groups in total. The molecule has 2 nitrogen and oxygen atoms in total. The molecule has 0 saturated carbocycles. The van der Waals surface area contributed by atoms with Crippen LogP contribution in [0.4, 0.5) is 0 Å². The van der Waals surface area contributed by atoms with E-state index in [1.54, 1.807) is 0 Å². The van der Waals surface area contributed by atoms with E-state index in [1.807, 2.05) is 27.7 Å². The number of rotatable bonds is 1. The second kappa shape index (κ2) is 3.30. The Hall–Kier alpha value is 0.842. The Labute approximate surface area is 77.5 Å². The Balaban J connectivity index is 0. The minimum atomic E-state index is -0.285. The maximum absolute atomic E-state index is 5.69. The Kier molecular flexibility index (Phi) is 4.58. The van der Waals surface area contributed by atoms with Crippen molar-refractivity contribution in [3.8, 4) is 0 Å². The molecule has 0 bridgehead atoms. The molecule has 0 radical (unpaired) electrons. The molecule has 0 spiro atoms. The Morgan fingerprint density at radius 2 is 0.889 bits per heavy atom. The van der Waals surface area contributed by atoms with E-state index in [0.29, 0.717) is 0 Å². The Bertz CT molecular complexity index is 66.0. The molecule has 0 amide bonds. The molecule has 3 heteroatoms. The third kappa shape index (κ3) is 4.27. The summed E-state index contributed by atoms with van der Waals surface area (Å²) in [6, 6.07) is 0. The van der Waals surface area contributed by atoms with Crippen LogP contribution in [0.1, 0.15) is 27.7 Å². The van der Waals surface area contributed by atoms with Crippen LogP contribution in [0.15, 0.2) is 0 Å². The first-order chi connectivity index (χ1) is 3.25. The zero-order valence-electron chi connectivity index (χ0n) is 6.15. The van der Waals surface area contributed by atoms with Gasteiger partial charge in [0.1, 0.15) is 0 Å². The van der Waals surface area contributed by atoms with E-state index < -0.39 is 0 Å². The van der Waals surface area contributed by atoms with Gasteiger partial charge in [0, 0.05) is 11.1 Å². The van der Waals surface area contributed by atoms with Gasteiger partial charge in [-0.3, -0.25) is 0 Å². The van der Waals surface area contributed by atoms with Crippen molar-refractivity contribution in [2.75, 3.05) is 0 Å². The van der Waals surface area contributed by atoms with Gasteiger partial charge in [0.15, 0.2) is 0 Å². The first-order valence-electron chi connectivity index (χ1n) is 2.83. The summed E-state index contributed by atoms with van der Waals surface area (Å²) in [6.45, 7) is 7.69. The maximum atomic E-state index is 5.69. The van der Waals surface area contributed by atoms with E-state index in [9.17, 15) is 0 Å². The summed E-state index contributed by atoms with van der Waals surface area (Å²) in [5, 5.41) is 0. The summed E-state index contributed by atoms with van der Waals surface area (Å²) in [5.74, 6) is 0. The van der Waals surface area contributed by atoms with Crippen LogP contribution in [0.3, 0.4) is 0 Å². The van der Waals surface area contributed by atoms with Crippen LogP contribution in [-0.2, 0) is 0 Å². The van der Waals surface area contributed by atoms with Gasteiger partial charge >= 0.3 is 27.3 Å². The van der Waals surface area contributed by atoms with Gasteiger partial charge in [-0.05, 0) is 27.7 Å². The fourth-order valence-corrected chi connectivity index (χ4v) is 0. The summed E-state index contributed by atoms with van der Waals surface area (Å²) in [7, 11) is 0. The number of hydrogen-bond acceptors (Lipinski definition) is 2. The molecule has 0 heterocycles. The van der Waals surface area contributed by atoms with Crippen LogP contribution >= 0.6 is 0 Å². The van der Waals surface area contributed by atoms with Crippen molar-refractivity contribution in [2.45, 2.75) is 38.8 Å². The SMILES string of the molecule is CC(C)(N)C(C)(C)N.[PbH4]. The molecule has 0 atom stereocenters. The van der Waals surface area contributed by atoms with Crippen molar-refractivity contribution >= 4 is 27.3 Å². The molecule has 0 rings (SSSR count). The predicted molar refractivity (Wildman–Crippen MR) is 47.9 cm³/mol. The van der Waals surface area contributed by atoms with Crippen LogP contribution in [0, 0.1) is 0 Å². The Morgan fingerprint density at radius 1 is 0.778 bits per heavy atom. The first kappa shape index (κ1) is 12.5. The normalized spacial score (nSPS) is 12.7. The average molecular weight is 327 g/mol. The van der Waals surface area contributed by atoms with Crippen molar-refractivity contribution < 1.29 is 0 Å². The number of nitrogens with two attached hydrogens (primary N) is 2. The molecular weight excluding hydrogens is 307 g/mol. The van der Waals surface area contributed by atoms with Crippen molar-refractivity contribution in [1.29, 1.82) is 0 Å². The van der Waals surface area contributed by atoms with Crippen LogP contribution < -0.4 is 11.5 Å². The van der Waals surface area contributed by atoms with E-state index in [1.165, 1.54) is 0 Å². The van der Waals surface area contributed by atoms with Crippen LogP contribution in [0.5, 0.6) is 0 Å². The first-order valence-corrected chi connectivity index (χ1v) is 2.83. The van der Waals surface area contributed by atoms with Gasteiger partial charge in [0.25, 0.3) is 0 Å². The molecule has 58 valence electrons. The molecule has 0 saturated heterocycles. The topological polar surface area (TPSA) is 52.0 Å². The minimum absolute atomic E-state index is 0. The van der Waals surface area contributed by atoms with Gasteiger partial charge < -0.3 is 11.5 Å². The summed E-state index contributed by atoms with van der Waals surface area (Å²) in [5.41, 5.74) is 10.8. The third-order valence-corrected chi connectivity index (χ3v) is 1.66. The van der Waals surface area contributed by atoms with Gasteiger partial charge in [-0.15, -0.1) is 0 Å². The average Bonchev–Trinajstić information content (AvgIpc) is 1.25. The molecule has 0 fully saturated rings. The molecule has 0 aromatic heterocycles. The van der Waals surface area contributed by atoms with Gasteiger partial charge in [0.05, 0.1) is 0 Å². The van der Waals surface area contributed by atoms with Crippen LogP contribution in [0.25, 0.3) is 0 Å². The molecule has 0 aromatic carbocycles. The van der Waals surface area contributed by atoms with Crippen molar-refractivity contribution in [1.82, 2.24) is 0 Å². The van der Waals surface area contributed by atoms with E-state index in [0.717, 1.165) is 0 Å². The Morgan fingerprint density at radius 3 is 0.889 bits per heavy atom. The standard InChI is InChI=1S/C6H16N2.Pb.4H/c1-5(2,7)6(3,4)8;;;;;/h7-8H2,1-4H3;;;;;. The van der Waals surface area contributed by atoms with E-state index in [2.05, 4.69) is 0 Å². The molecule has 0 aliphatic heterocycles. The molecule has 0 aliphatic rings. The molecular formula is C6H20N2Pb. The predicted octanol–water partition coefficient (Wildman–Crippen LogP) is -0.991. The molecule has 0 aliphatic carbocycles. The molecule has 0 unspecified atom stereocenters. The van der Waals surface area contributed by atoms with Crippen molar-refractivity contribution in [2.24, 2.45) is 11.5 Å². The summed E-state index contributed by atoms with van der Waals surface area (Å²) in [4.78, 5) is 0. The molecule has 9 heavy (non-hydrogen) atoms. The van der Waals surface area contributed by atoms with Gasteiger partial charge in [-0.1, -0.05) is 0 Å². The van der Waals surface area contributed by atoms with Crippen LogP contribution in [-0.4, -0.2) is 38.4 Å². The van der Waals surface area contributed by atoms with Gasteiger partial charge in [0.2, 0.25) is 0 Å². The van der Waals surface area contributed by atoms with E-state index in [4.69, 9.17) is 11.5 Å². The summed E-state index contributed by atoms with van der Waals surface area (Å²) >= 11 is 0. The fraction of sp³-hybridized carbons (Fsp3) is 1.00. The monoisotopic (exact) mass is 328 g/mol. The number of hydrogen-bond donors (Lipinski definition) is 2. The quantitative estimate of drug-likeness (QED) is 0.608. The second-order valence-electron chi connectivity index (χ2n) is 3.44. The fourth-order valence-electron chi connectivity index (χ4n) is 0. The van der Waals surface area contributed by atoms with Gasteiger partial charge in [-0.25, -0.2) is 0 Å². The second-order valence-corrected chi connectivity index (χ2v) is 3.44.